The lowest BCUT2D eigenvalue weighted by Crippen LogP contribution is -1.96. The maximum absolute atomic E-state index is 13.0. The molecule has 0 saturated heterocycles. The van der Waals surface area contributed by atoms with Crippen LogP contribution in [0.25, 0.3) is 11.0 Å². The Hall–Kier alpha value is -1.45. The molecule has 0 aliphatic heterocycles. The highest BCUT2D eigenvalue weighted by Crippen LogP contribution is 2.19. The third kappa shape index (κ3) is 1.18. The molecule has 0 unspecified atom stereocenters. The van der Waals surface area contributed by atoms with Gasteiger partial charge in [-0.1, -0.05) is 0 Å². The van der Waals surface area contributed by atoms with Crippen molar-refractivity contribution in [2.45, 2.75) is 20.4 Å². The van der Waals surface area contributed by atoms with Gasteiger partial charge in [-0.3, -0.25) is 0 Å². The van der Waals surface area contributed by atoms with E-state index in [9.17, 15) is 8.78 Å². The van der Waals surface area contributed by atoms with Crippen molar-refractivity contribution in [3.63, 3.8) is 0 Å². The molecule has 4 heteroatoms. The quantitative estimate of drug-likeness (QED) is 0.685. The van der Waals surface area contributed by atoms with Gasteiger partial charge in [0.15, 0.2) is 11.6 Å². The van der Waals surface area contributed by atoms with E-state index in [1.165, 1.54) is 6.07 Å². The molecule has 14 heavy (non-hydrogen) atoms. The summed E-state index contributed by atoms with van der Waals surface area (Å²) in [6, 6.07) is 2.32. The maximum Gasteiger partial charge on any atom is 0.161 e. The molecule has 1 aromatic heterocycles. The lowest BCUT2D eigenvalue weighted by Gasteiger charge is -2.01. The summed E-state index contributed by atoms with van der Waals surface area (Å²) in [6.07, 6.45) is 0. The molecule has 0 bridgehead atoms. The fourth-order valence-corrected chi connectivity index (χ4v) is 1.64. The number of aryl methyl sites for hydroxylation is 2. The molecule has 0 saturated carbocycles. The fraction of sp³-hybridized carbons (Fsp3) is 0.300. The van der Waals surface area contributed by atoms with Crippen molar-refractivity contribution in [2.75, 3.05) is 0 Å². The van der Waals surface area contributed by atoms with Gasteiger partial charge in [-0.25, -0.2) is 13.8 Å². The number of hydrogen-bond donors (Lipinski definition) is 0. The Balaban J connectivity index is 2.82. The molecule has 0 N–H and O–H groups in total. The minimum absolute atomic E-state index is 0.503. The summed E-state index contributed by atoms with van der Waals surface area (Å²) in [6.45, 7) is 4.46. The molecule has 2 nitrogen and oxygen atoms in total. The van der Waals surface area contributed by atoms with Gasteiger partial charge in [-0.15, -0.1) is 0 Å². The van der Waals surface area contributed by atoms with Crippen LogP contribution in [0.1, 0.15) is 12.7 Å². The standard InChI is InChI=1S/C10H10F2N2/c1-3-14-6(2)13-9-4-7(11)8(12)5-10(9)14/h4-5H,3H2,1-2H3. The topological polar surface area (TPSA) is 17.8 Å². The van der Waals surface area contributed by atoms with Crippen LogP contribution in [0.2, 0.25) is 0 Å². The number of fused-ring (bicyclic) bond motifs is 1. The number of nitrogens with zero attached hydrogens (tertiary/aromatic N) is 2. The molecule has 0 aliphatic rings. The Morgan fingerprint density at radius 2 is 1.93 bits per heavy atom. The Bertz CT molecular complexity index is 488. The number of hydrogen-bond acceptors (Lipinski definition) is 1. The van der Waals surface area contributed by atoms with Crippen LogP contribution in [-0.4, -0.2) is 9.55 Å². The summed E-state index contributed by atoms with van der Waals surface area (Å²) in [5.74, 6) is -0.905. The van der Waals surface area contributed by atoms with Crippen molar-refractivity contribution >= 4 is 11.0 Å². The van der Waals surface area contributed by atoms with Crippen molar-refractivity contribution in [2.24, 2.45) is 0 Å². The normalized spacial score (nSPS) is 11.1. The summed E-state index contributed by atoms with van der Waals surface area (Å²) in [5, 5.41) is 0. The predicted octanol–water partition coefficient (Wildman–Crippen LogP) is 2.64. The minimum Gasteiger partial charge on any atom is -0.328 e. The molecule has 0 fully saturated rings. The molecule has 74 valence electrons. The maximum atomic E-state index is 13.0. The van der Waals surface area contributed by atoms with Crippen LogP contribution in [0.15, 0.2) is 12.1 Å². The predicted molar refractivity (Wildman–Crippen MR) is 50.1 cm³/mol. The highest BCUT2D eigenvalue weighted by Gasteiger charge is 2.10. The first-order valence-electron chi connectivity index (χ1n) is 4.45. The molecule has 0 amide bonds. The van der Waals surface area contributed by atoms with E-state index in [1.54, 1.807) is 0 Å². The van der Waals surface area contributed by atoms with Crippen molar-refractivity contribution in [1.82, 2.24) is 9.55 Å². The first kappa shape index (κ1) is 9.12. The van der Waals surface area contributed by atoms with Gasteiger partial charge in [0.1, 0.15) is 5.82 Å². The zero-order valence-corrected chi connectivity index (χ0v) is 8.01. The molecular weight excluding hydrogens is 186 g/mol. The Morgan fingerprint density at radius 3 is 2.57 bits per heavy atom. The molecule has 0 atom stereocenters. The van der Waals surface area contributed by atoms with Crippen LogP contribution < -0.4 is 0 Å². The second kappa shape index (κ2) is 3.04. The van der Waals surface area contributed by atoms with E-state index in [0.717, 1.165) is 11.9 Å². The number of halogens is 2. The summed E-state index contributed by atoms with van der Waals surface area (Å²) in [7, 11) is 0. The zero-order chi connectivity index (χ0) is 10.3. The lowest BCUT2D eigenvalue weighted by molar-refractivity contribution is 0.510. The van der Waals surface area contributed by atoms with Crippen molar-refractivity contribution in [3.05, 3.63) is 29.6 Å². The van der Waals surface area contributed by atoms with E-state index in [2.05, 4.69) is 4.98 Å². The first-order chi connectivity index (χ1) is 6.63. The minimum atomic E-state index is -0.849. The average Bonchev–Trinajstić information content (AvgIpc) is 2.42. The molecule has 0 aliphatic carbocycles. The average molecular weight is 196 g/mol. The molecule has 1 heterocycles. The Labute approximate surface area is 80.2 Å². The number of rotatable bonds is 1. The second-order valence-corrected chi connectivity index (χ2v) is 3.16. The van der Waals surface area contributed by atoms with Crippen molar-refractivity contribution in [3.8, 4) is 0 Å². The van der Waals surface area contributed by atoms with E-state index in [4.69, 9.17) is 0 Å². The highest BCUT2D eigenvalue weighted by molar-refractivity contribution is 5.76. The monoisotopic (exact) mass is 196 g/mol. The SMILES string of the molecule is CCn1c(C)nc2cc(F)c(F)cc21. The van der Waals surface area contributed by atoms with E-state index >= 15 is 0 Å². The molecule has 0 spiro atoms. The first-order valence-corrected chi connectivity index (χ1v) is 4.45. The van der Waals surface area contributed by atoms with Gasteiger partial charge in [-0.05, 0) is 13.8 Å². The summed E-state index contributed by atoms with van der Waals surface area (Å²) >= 11 is 0. The number of imidazole rings is 1. The van der Waals surface area contributed by atoms with Crippen LogP contribution >= 0.6 is 0 Å². The zero-order valence-electron chi connectivity index (χ0n) is 8.01. The van der Waals surface area contributed by atoms with Gasteiger partial charge < -0.3 is 4.57 Å². The lowest BCUT2D eigenvalue weighted by atomic mass is 10.3. The van der Waals surface area contributed by atoms with Crippen LogP contribution in [0.3, 0.4) is 0 Å². The summed E-state index contributed by atoms with van der Waals surface area (Å²) < 4.78 is 27.7. The summed E-state index contributed by atoms with van der Waals surface area (Å²) in [4.78, 5) is 4.14. The molecule has 0 radical (unpaired) electrons. The van der Waals surface area contributed by atoms with E-state index < -0.39 is 11.6 Å². The van der Waals surface area contributed by atoms with Gasteiger partial charge >= 0.3 is 0 Å². The van der Waals surface area contributed by atoms with Gasteiger partial charge in [0.05, 0.1) is 11.0 Å². The number of benzene rings is 1. The third-order valence-electron chi connectivity index (χ3n) is 2.30. The van der Waals surface area contributed by atoms with Gasteiger partial charge in [0.2, 0.25) is 0 Å². The smallest absolute Gasteiger partial charge is 0.161 e. The van der Waals surface area contributed by atoms with Gasteiger partial charge in [-0.2, -0.15) is 0 Å². The van der Waals surface area contributed by atoms with E-state index in [-0.39, 0.29) is 0 Å². The van der Waals surface area contributed by atoms with Crippen LogP contribution in [-0.2, 0) is 6.54 Å². The molecule has 2 rings (SSSR count). The van der Waals surface area contributed by atoms with Crippen LogP contribution in [0.5, 0.6) is 0 Å². The second-order valence-electron chi connectivity index (χ2n) is 3.16. The van der Waals surface area contributed by atoms with Gasteiger partial charge in [0, 0.05) is 18.7 Å². The highest BCUT2D eigenvalue weighted by atomic mass is 19.2. The van der Waals surface area contributed by atoms with Crippen LogP contribution in [0, 0.1) is 18.6 Å². The number of aromatic nitrogens is 2. The van der Waals surface area contributed by atoms with E-state index in [1.807, 2.05) is 18.4 Å². The fourth-order valence-electron chi connectivity index (χ4n) is 1.64. The molecule has 2 aromatic rings. The van der Waals surface area contributed by atoms with Gasteiger partial charge in [0.25, 0.3) is 0 Å². The largest absolute Gasteiger partial charge is 0.328 e. The van der Waals surface area contributed by atoms with Crippen molar-refractivity contribution in [1.29, 1.82) is 0 Å². The third-order valence-corrected chi connectivity index (χ3v) is 2.30. The van der Waals surface area contributed by atoms with Crippen LogP contribution in [0.4, 0.5) is 8.78 Å². The van der Waals surface area contributed by atoms with Crippen molar-refractivity contribution < 1.29 is 8.78 Å². The molecular formula is C10H10F2N2. The Morgan fingerprint density at radius 1 is 1.29 bits per heavy atom. The summed E-state index contributed by atoms with van der Waals surface area (Å²) in [5.41, 5.74) is 1.15. The molecule has 1 aromatic carbocycles. The Kier molecular flexibility index (Phi) is 1.98. The van der Waals surface area contributed by atoms with E-state index in [0.29, 0.717) is 17.6 Å².